The largest absolute Gasteiger partial charge is 0.481 e. The first-order valence-corrected chi connectivity index (χ1v) is 6.94. The van der Waals surface area contributed by atoms with Gasteiger partial charge < -0.3 is 10.4 Å². The minimum absolute atomic E-state index is 0.0581. The summed E-state index contributed by atoms with van der Waals surface area (Å²) in [6.07, 6.45) is 0.403. The van der Waals surface area contributed by atoms with Crippen LogP contribution in [-0.2, 0) is 4.79 Å². The second-order valence-electron chi connectivity index (χ2n) is 6.11. The van der Waals surface area contributed by atoms with Gasteiger partial charge in [0.05, 0.1) is 16.5 Å². The monoisotopic (exact) mass is 315 g/mol. The second kappa shape index (κ2) is 6.89. The first kappa shape index (κ1) is 17.4. The zero-order valence-corrected chi connectivity index (χ0v) is 13.0. The van der Waals surface area contributed by atoms with Gasteiger partial charge in [-0.05, 0) is 24.0 Å². The number of benzene rings is 1. The van der Waals surface area contributed by atoms with Crippen molar-refractivity contribution in [3.63, 3.8) is 0 Å². The number of carboxylic acids is 1. The van der Waals surface area contributed by atoms with Gasteiger partial charge in [0.1, 0.15) is 0 Å². The van der Waals surface area contributed by atoms with E-state index in [2.05, 4.69) is 5.32 Å². The SMILES string of the molecule is CC(C)(C)CC(CNC(=O)c1cccc(Cl)c1F)C(=O)O. The molecule has 0 radical (unpaired) electrons. The number of carbonyl (C=O) groups excluding carboxylic acids is 1. The smallest absolute Gasteiger partial charge is 0.308 e. The molecule has 0 fully saturated rings. The molecule has 0 bridgehead atoms. The summed E-state index contributed by atoms with van der Waals surface area (Å²) in [5.74, 6) is -3.19. The number of halogens is 2. The molecule has 116 valence electrons. The molecule has 1 aromatic rings. The molecule has 1 atom stereocenters. The maximum Gasteiger partial charge on any atom is 0.308 e. The van der Waals surface area contributed by atoms with Crippen LogP contribution in [0.1, 0.15) is 37.6 Å². The van der Waals surface area contributed by atoms with E-state index in [1.165, 1.54) is 18.2 Å². The number of aliphatic carboxylic acids is 1. The molecular formula is C15H19ClFNO3. The fourth-order valence-corrected chi connectivity index (χ4v) is 2.15. The second-order valence-corrected chi connectivity index (χ2v) is 6.52. The number of hydrogen-bond acceptors (Lipinski definition) is 2. The third-order valence-electron chi connectivity index (χ3n) is 2.91. The Hall–Kier alpha value is -1.62. The Morgan fingerprint density at radius 3 is 2.52 bits per heavy atom. The predicted molar refractivity (Wildman–Crippen MR) is 78.9 cm³/mol. The van der Waals surface area contributed by atoms with E-state index in [4.69, 9.17) is 11.6 Å². The minimum Gasteiger partial charge on any atom is -0.481 e. The van der Waals surface area contributed by atoms with Crippen molar-refractivity contribution in [2.24, 2.45) is 11.3 Å². The lowest BCUT2D eigenvalue weighted by molar-refractivity contribution is -0.142. The minimum atomic E-state index is -0.989. The molecule has 4 nitrogen and oxygen atoms in total. The zero-order valence-electron chi connectivity index (χ0n) is 12.2. The Morgan fingerprint density at radius 2 is 2.00 bits per heavy atom. The van der Waals surface area contributed by atoms with E-state index in [1.807, 2.05) is 20.8 Å². The summed E-state index contributed by atoms with van der Waals surface area (Å²) < 4.78 is 13.7. The highest BCUT2D eigenvalue weighted by molar-refractivity contribution is 6.31. The highest BCUT2D eigenvalue weighted by Gasteiger charge is 2.25. The van der Waals surface area contributed by atoms with Crippen LogP contribution in [0.15, 0.2) is 18.2 Å². The summed E-state index contributed by atoms with van der Waals surface area (Å²) in [7, 11) is 0. The van der Waals surface area contributed by atoms with Gasteiger partial charge in [0.2, 0.25) is 0 Å². The molecule has 0 saturated carbocycles. The lowest BCUT2D eigenvalue weighted by atomic mass is 9.84. The number of rotatable bonds is 5. The van der Waals surface area contributed by atoms with Crippen molar-refractivity contribution in [1.82, 2.24) is 5.32 Å². The third kappa shape index (κ3) is 5.34. The van der Waals surface area contributed by atoms with Crippen LogP contribution in [-0.4, -0.2) is 23.5 Å². The maximum absolute atomic E-state index is 13.7. The quantitative estimate of drug-likeness (QED) is 0.875. The van der Waals surface area contributed by atoms with Crippen LogP contribution in [0.25, 0.3) is 0 Å². The average Bonchev–Trinajstić information content (AvgIpc) is 2.35. The van der Waals surface area contributed by atoms with Gasteiger partial charge in [0.15, 0.2) is 5.82 Å². The molecule has 0 aliphatic carbocycles. The Kier molecular flexibility index (Phi) is 5.72. The van der Waals surface area contributed by atoms with E-state index < -0.39 is 23.6 Å². The van der Waals surface area contributed by atoms with Gasteiger partial charge in [-0.2, -0.15) is 0 Å². The van der Waals surface area contributed by atoms with Crippen molar-refractivity contribution < 1.29 is 19.1 Å². The van der Waals surface area contributed by atoms with Gasteiger partial charge in [-0.3, -0.25) is 9.59 Å². The summed E-state index contributed by atoms with van der Waals surface area (Å²) in [5, 5.41) is 11.5. The number of amides is 1. The molecule has 2 N–H and O–H groups in total. The molecule has 0 aliphatic heterocycles. The van der Waals surface area contributed by atoms with Gasteiger partial charge in [-0.1, -0.05) is 38.4 Å². The summed E-state index contributed by atoms with van der Waals surface area (Å²) in [6, 6.07) is 4.10. The first-order valence-electron chi connectivity index (χ1n) is 6.57. The zero-order chi connectivity index (χ0) is 16.2. The van der Waals surface area contributed by atoms with Crippen molar-refractivity contribution in [2.75, 3.05) is 6.54 Å². The van der Waals surface area contributed by atoms with E-state index in [0.717, 1.165) is 0 Å². The molecule has 1 rings (SSSR count). The lowest BCUT2D eigenvalue weighted by Crippen LogP contribution is -2.35. The van der Waals surface area contributed by atoms with Crippen LogP contribution in [0.4, 0.5) is 4.39 Å². The van der Waals surface area contributed by atoms with Crippen LogP contribution >= 0.6 is 11.6 Å². The van der Waals surface area contributed by atoms with Crippen LogP contribution in [0.3, 0.4) is 0 Å². The Morgan fingerprint density at radius 1 is 1.38 bits per heavy atom. The highest BCUT2D eigenvalue weighted by Crippen LogP contribution is 2.24. The molecule has 0 aliphatic rings. The van der Waals surface area contributed by atoms with Gasteiger partial charge >= 0.3 is 5.97 Å². The normalized spacial score (nSPS) is 12.8. The fraction of sp³-hybridized carbons (Fsp3) is 0.467. The van der Waals surface area contributed by atoms with E-state index >= 15 is 0 Å². The summed E-state index contributed by atoms with van der Waals surface area (Å²) in [4.78, 5) is 23.1. The number of hydrogen-bond donors (Lipinski definition) is 2. The van der Waals surface area contributed by atoms with Gasteiger partial charge in [0, 0.05) is 6.54 Å². The lowest BCUT2D eigenvalue weighted by Gasteiger charge is -2.23. The fourth-order valence-electron chi connectivity index (χ4n) is 1.98. The van der Waals surface area contributed by atoms with Crippen LogP contribution < -0.4 is 5.32 Å². The molecule has 21 heavy (non-hydrogen) atoms. The molecular weight excluding hydrogens is 297 g/mol. The van der Waals surface area contributed by atoms with Crippen LogP contribution in [0.2, 0.25) is 5.02 Å². The summed E-state index contributed by atoms with van der Waals surface area (Å²) in [6.45, 7) is 5.70. The van der Waals surface area contributed by atoms with E-state index in [-0.39, 0.29) is 22.5 Å². The van der Waals surface area contributed by atoms with E-state index in [9.17, 15) is 19.1 Å². The number of nitrogens with one attached hydrogen (secondary N) is 1. The van der Waals surface area contributed by atoms with Gasteiger partial charge in [-0.25, -0.2) is 4.39 Å². The topological polar surface area (TPSA) is 66.4 Å². The van der Waals surface area contributed by atoms with Crippen LogP contribution in [0, 0.1) is 17.2 Å². The standard InChI is InChI=1S/C15H19ClFNO3/c1-15(2,3)7-9(14(20)21)8-18-13(19)10-5-4-6-11(16)12(10)17/h4-6,9H,7-8H2,1-3H3,(H,18,19)(H,20,21). The van der Waals surface area contributed by atoms with Crippen molar-refractivity contribution >= 4 is 23.5 Å². The molecule has 0 heterocycles. The third-order valence-corrected chi connectivity index (χ3v) is 3.21. The van der Waals surface area contributed by atoms with Crippen LogP contribution in [0.5, 0.6) is 0 Å². The average molecular weight is 316 g/mol. The first-order chi connectivity index (χ1) is 9.61. The Labute approximate surface area is 128 Å². The molecule has 1 aromatic carbocycles. The summed E-state index contributed by atoms with van der Waals surface area (Å²) >= 11 is 5.61. The Balaban J connectivity index is 2.74. The predicted octanol–water partition coefficient (Wildman–Crippen LogP) is 3.35. The van der Waals surface area contributed by atoms with E-state index in [0.29, 0.717) is 6.42 Å². The molecule has 0 spiro atoms. The summed E-state index contributed by atoms with van der Waals surface area (Å²) in [5.41, 5.74) is -0.378. The maximum atomic E-state index is 13.7. The van der Waals surface area contributed by atoms with E-state index in [1.54, 1.807) is 0 Å². The van der Waals surface area contributed by atoms with Crippen molar-refractivity contribution in [3.05, 3.63) is 34.6 Å². The molecule has 6 heteroatoms. The molecule has 1 amide bonds. The van der Waals surface area contributed by atoms with Crippen molar-refractivity contribution in [1.29, 1.82) is 0 Å². The molecule has 0 aromatic heterocycles. The Bertz CT molecular complexity index is 540. The van der Waals surface area contributed by atoms with Gasteiger partial charge in [0.25, 0.3) is 5.91 Å². The number of carbonyl (C=O) groups is 2. The van der Waals surface area contributed by atoms with Gasteiger partial charge in [-0.15, -0.1) is 0 Å². The number of carboxylic acid groups (broad SMARTS) is 1. The molecule has 1 unspecified atom stereocenters. The molecule has 0 saturated heterocycles. The highest BCUT2D eigenvalue weighted by atomic mass is 35.5. The van der Waals surface area contributed by atoms with Crippen molar-refractivity contribution in [2.45, 2.75) is 27.2 Å². The van der Waals surface area contributed by atoms with Crippen molar-refractivity contribution in [3.8, 4) is 0 Å².